The quantitative estimate of drug-likeness (QED) is 0.727. The Morgan fingerprint density at radius 1 is 1.10 bits per heavy atom. The fraction of sp³-hybridized carbons (Fsp3) is 0.125. The van der Waals surface area contributed by atoms with Crippen LogP contribution in [-0.4, -0.2) is 17.1 Å². The monoisotopic (exact) mass is 265 g/mol. The lowest BCUT2D eigenvalue weighted by Gasteiger charge is -2.11. The second kappa shape index (κ2) is 5.57. The average molecular weight is 265 g/mol. The van der Waals surface area contributed by atoms with Gasteiger partial charge in [0.2, 0.25) is 0 Å². The number of hydrogen-bond acceptors (Lipinski definition) is 4. The van der Waals surface area contributed by atoms with Gasteiger partial charge >= 0.3 is 0 Å². The van der Waals surface area contributed by atoms with Crippen LogP contribution in [0.5, 0.6) is 11.5 Å². The fourth-order valence-electron chi connectivity index (χ4n) is 1.94. The van der Waals surface area contributed by atoms with Gasteiger partial charge in [-0.3, -0.25) is 0 Å². The predicted octanol–water partition coefficient (Wildman–Crippen LogP) is 3.02. The van der Waals surface area contributed by atoms with Gasteiger partial charge in [-0.05, 0) is 11.6 Å². The van der Waals surface area contributed by atoms with Gasteiger partial charge in [-0.1, -0.05) is 30.3 Å². The lowest BCUT2D eigenvalue weighted by atomic mass is 10.2. The maximum absolute atomic E-state index is 5.82. The van der Waals surface area contributed by atoms with E-state index in [2.05, 4.69) is 16.2 Å². The standard InChI is InChI=1S/C16H13N2O2/c1-19-15-7-13-9-17-11-18-14(13)8-16(15)20-10-12-5-3-2-4-6-12/h2-8,11H,10H2,1H3. The molecule has 0 atom stereocenters. The number of fused-ring (bicyclic) bond motifs is 1. The highest BCUT2D eigenvalue weighted by Gasteiger charge is 2.08. The maximum Gasteiger partial charge on any atom is 0.163 e. The third-order valence-corrected chi connectivity index (χ3v) is 2.96. The molecule has 2 aromatic carbocycles. The molecule has 3 aromatic rings. The Kier molecular flexibility index (Phi) is 3.46. The van der Waals surface area contributed by atoms with Crippen molar-refractivity contribution in [2.75, 3.05) is 7.11 Å². The molecule has 0 spiro atoms. The van der Waals surface area contributed by atoms with Crippen LogP contribution in [0.2, 0.25) is 0 Å². The number of ether oxygens (including phenoxy) is 2. The van der Waals surface area contributed by atoms with Gasteiger partial charge < -0.3 is 9.47 Å². The normalized spacial score (nSPS) is 10.4. The molecule has 1 radical (unpaired) electrons. The first-order valence-corrected chi connectivity index (χ1v) is 6.24. The molecule has 0 aliphatic carbocycles. The summed E-state index contributed by atoms with van der Waals surface area (Å²) in [5, 5.41) is 0.802. The zero-order valence-electron chi connectivity index (χ0n) is 11.0. The molecule has 0 saturated heterocycles. The lowest BCUT2D eigenvalue weighted by Crippen LogP contribution is -1.98. The van der Waals surface area contributed by atoms with E-state index in [-0.39, 0.29) is 0 Å². The average Bonchev–Trinajstić information content (AvgIpc) is 2.53. The van der Waals surface area contributed by atoms with Gasteiger partial charge in [0.05, 0.1) is 12.6 Å². The van der Waals surface area contributed by atoms with Gasteiger partial charge in [-0.2, -0.15) is 0 Å². The summed E-state index contributed by atoms with van der Waals surface area (Å²) in [4.78, 5) is 8.07. The van der Waals surface area contributed by atoms with Crippen molar-refractivity contribution in [2.45, 2.75) is 6.61 Å². The summed E-state index contributed by atoms with van der Waals surface area (Å²) in [5.41, 5.74) is 1.88. The minimum Gasteiger partial charge on any atom is -0.493 e. The molecule has 3 rings (SSSR count). The van der Waals surface area contributed by atoms with Crippen molar-refractivity contribution in [1.29, 1.82) is 0 Å². The van der Waals surface area contributed by atoms with Gasteiger partial charge in [0, 0.05) is 11.5 Å². The van der Waals surface area contributed by atoms with Crippen molar-refractivity contribution in [1.82, 2.24) is 9.97 Å². The van der Waals surface area contributed by atoms with Crippen LogP contribution in [0.3, 0.4) is 0 Å². The molecule has 4 heteroatoms. The van der Waals surface area contributed by atoms with E-state index in [0.29, 0.717) is 18.1 Å². The Balaban J connectivity index is 1.90. The smallest absolute Gasteiger partial charge is 0.163 e. The van der Waals surface area contributed by atoms with Crippen molar-refractivity contribution in [3.63, 3.8) is 0 Å². The van der Waals surface area contributed by atoms with Crippen LogP contribution in [0.1, 0.15) is 5.56 Å². The zero-order chi connectivity index (χ0) is 13.8. The van der Waals surface area contributed by atoms with Crippen molar-refractivity contribution in [3.05, 3.63) is 60.6 Å². The molecule has 0 aliphatic rings. The zero-order valence-corrected chi connectivity index (χ0v) is 11.0. The number of aromatic nitrogens is 2. The van der Waals surface area contributed by atoms with Gasteiger partial charge in [0.1, 0.15) is 19.1 Å². The van der Waals surface area contributed by atoms with Gasteiger partial charge in [-0.15, -0.1) is 0 Å². The molecule has 0 bridgehead atoms. The van der Waals surface area contributed by atoms with E-state index in [9.17, 15) is 0 Å². The van der Waals surface area contributed by atoms with E-state index in [1.165, 1.54) is 6.33 Å². The van der Waals surface area contributed by atoms with E-state index in [4.69, 9.17) is 9.47 Å². The molecule has 4 nitrogen and oxygen atoms in total. The predicted molar refractivity (Wildman–Crippen MR) is 75.7 cm³/mol. The van der Waals surface area contributed by atoms with Gasteiger partial charge in [0.25, 0.3) is 0 Å². The topological polar surface area (TPSA) is 44.2 Å². The SMILES string of the molecule is COc1cc2[c]ncnc2cc1OCc1ccccc1. The molecule has 1 heterocycles. The molecular formula is C16H13N2O2. The van der Waals surface area contributed by atoms with Crippen LogP contribution < -0.4 is 9.47 Å². The van der Waals surface area contributed by atoms with E-state index in [0.717, 1.165) is 16.5 Å². The number of benzene rings is 2. The molecular weight excluding hydrogens is 252 g/mol. The van der Waals surface area contributed by atoms with Crippen LogP contribution in [0.25, 0.3) is 10.9 Å². The Morgan fingerprint density at radius 2 is 1.95 bits per heavy atom. The van der Waals surface area contributed by atoms with Crippen LogP contribution in [0.4, 0.5) is 0 Å². The van der Waals surface area contributed by atoms with Crippen LogP contribution in [-0.2, 0) is 6.61 Å². The highest BCUT2D eigenvalue weighted by Crippen LogP contribution is 2.31. The van der Waals surface area contributed by atoms with E-state index in [1.807, 2.05) is 42.5 Å². The van der Waals surface area contributed by atoms with Crippen LogP contribution in [0.15, 0.2) is 48.8 Å². The van der Waals surface area contributed by atoms with Crippen molar-refractivity contribution in [2.24, 2.45) is 0 Å². The first kappa shape index (κ1) is 12.4. The minimum absolute atomic E-state index is 0.484. The summed E-state index contributed by atoms with van der Waals surface area (Å²) < 4.78 is 11.2. The van der Waals surface area contributed by atoms with Crippen molar-refractivity contribution < 1.29 is 9.47 Å². The fourth-order valence-corrected chi connectivity index (χ4v) is 1.94. The molecule has 99 valence electrons. The molecule has 0 amide bonds. The highest BCUT2D eigenvalue weighted by molar-refractivity contribution is 5.81. The molecule has 20 heavy (non-hydrogen) atoms. The molecule has 1 aromatic heterocycles. The summed E-state index contributed by atoms with van der Waals surface area (Å²) in [6.45, 7) is 0.484. The number of rotatable bonds is 4. The third kappa shape index (κ3) is 2.54. The molecule has 0 unspecified atom stereocenters. The minimum atomic E-state index is 0.484. The van der Waals surface area contributed by atoms with E-state index < -0.39 is 0 Å². The van der Waals surface area contributed by atoms with Crippen molar-refractivity contribution in [3.8, 4) is 11.5 Å². The highest BCUT2D eigenvalue weighted by atomic mass is 16.5. The van der Waals surface area contributed by atoms with E-state index in [1.54, 1.807) is 7.11 Å². The number of nitrogens with zero attached hydrogens (tertiary/aromatic N) is 2. The Labute approximate surface area is 117 Å². The van der Waals surface area contributed by atoms with Crippen LogP contribution in [0, 0.1) is 6.20 Å². The number of hydrogen-bond donors (Lipinski definition) is 0. The lowest BCUT2D eigenvalue weighted by molar-refractivity contribution is 0.285. The molecule has 0 aliphatic heterocycles. The molecule has 0 saturated carbocycles. The molecule has 0 fully saturated rings. The summed E-state index contributed by atoms with van der Waals surface area (Å²) >= 11 is 0. The summed E-state index contributed by atoms with van der Waals surface area (Å²) in [7, 11) is 1.61. The van der Waals surface area contributed by atoms with Gasteiger partial charge in [0.15, 0.2) is 11.5 Å². The third-order valence-electron chi connectivity index (χ3n) is 2.96. The van der Waals surface area contributed by atoms with Gasteiger partial charge in [-0.25, -0.2) is 9.97 Å². The number of methoxy groups -OCH3 is 1. The largest absolute Gasteiger partial charge is 0.493 e. The Hall–Kier alpha value is -2.62. The maximum atomic E-state index is 5.82. The first-order valence-electron chi connectivity index (χ1n) is 6.24. The second-order valence-electron chi connectivity index (χ2n) is 4.28. The summed E-state index contributed by atoms with van der Waals surface area (Å²) in [6, 6.07) is 13.7. The Morgan fingerprint density at radius 3 is 2.75 bits per heavy atom. The molecule has 0 N–H and O–H groups in total. The summed E-state index contributed by atoms with van der Waals surface area (Å²) in [6.07, 6.45) is 4.35. The second-order valence-corrected chi connectivity index (χ2v) is 4.28. The van der Waals surface area contributed by atoms with E-state index >= 15 is 0 Å². The Bertz CT molecular complexity index is 714. The first-order chi connectivity index (χ1) is 9.86. The summed E-state index contributed by atoms with van der Waals surface area (Å²) in [5.74, 6) is 1.32. The van der Waals surface area contributed by atoms with Crippen molar-refractivity contribution >= 4 is 10.9 Å². The van der Waals surface area contributed by atoms with Crippen LogP contribution >= 0.6 is 0 Å².